The fourth-order valence-corrected chi connectivity index (χ4v) is 3.32. The number of aryl methyl sites for hydroxylation is 1. The monoisotopic (exact) mass is 362 g/mol. The molecule has 2 amide bonds. The fourth-order valence-electron chi connectivity index (χ4n) is 3.32. The van der Waals surface area contributed by atoms with Crippen molar-refractivity contribution in [2.75, 3.05) is 24.5 Å². The molecule has 0 spiro atoms. The van der Waals surface area contributed by atoms with Gasteiger partial charge in [-0.25, -0.2) is 0 Å². The van der Waals surface area contributed by atoms with Gasteiger partial charge >= 0.3 is 0 Å². The Labute approximate surface area is 157 Å². The molecule has 0 bridgehead atoms. The molecular formula is C21H22N4O2. The predicted molar refractivity (Wildman–Crippen MR) is 106 cm³/mol. The molecule has 2 heterocycles. The zero-order chi connectivity index (χ0) is 18.8. The molecule has 3 aromatic rings. The zero-order valence-corrected chi connectivity index (χ0v) is 15.2. The number of benzene rings is 2. The molecule has 1 aliphatic heterocycles. The summed E-state index contributed by atoms with van der Waals surface area (Å²) in [7, 11) is 0. The molecular weight excluding hydrogens is 340 g/mol. The van der Waals surface area contributed by atoms with Crippen LogP contribution in [0.25, 0.3) is 10.9 Å². The van der Waals surface area contributed by atoms with Gasteiger partial charge in [0.15, 0.2) is 0 Å². The number of H-pyrrole nitrogens is 1. The minimum atomic E-state index is -0.124. The average molecular weight is 362 g/mol. The molecule has 0 unspecified atom stereocenters. The van der Waals surface area contributed by atoms with Crippen molar-refractivity contribution in [2.45, 2.75) is 13.5 Å². The molecule has 0 atom stereocenters. The number of piperazine rings is 1. The van der Waals surface area contributed by atoms with E-state index in [-0.39, 0.29) is 11.8 Å². The maximum absolute atomic E-state index is 12.4. The van der Waals surface area contributed by atoms with Crippen LogP contribution in [0.5, 0.6) is 0 Å². The number of carbonyl (C=O) groups excluding carboxylic acids is 2. The number of hydrogen-bond acceptors (Lipinski definition) is 3. The predicted octanol–water partition coefficient (Wildman–Crippen LogP) is 2.34. The molecule has 1 aromatic heterocycles. The van der Waals surface area contributed by atoms with Crippen LogP contribution in [0.2, 0.25) is 0 Å². The largest absolute Gasteiger partial charge is 0.360 e. The normalized spacial score (nSPS) is 14.3. The van der Waals surface area contributed by atoms with Gasteiger partial charge in [-0.1, -0.05) is 24.3 Å². The molecule has 1 saturated heterocycles. The molecule has 3 N–H and O–H groups in total. The zero-order valence-electron chi connectivity index (χ0n) is 15.2. The third-order valence-electron chi connectivity index (χ3n) is 4.82. The first-order valence-corrected chi connectivity index (χ1v) is 9.07. The Balaban J connectivity index is 1.38. The number of fused-ring (bicyclic) bond motifs is 1. The van der Waals surface area contributed by atoms with E-state index in [1.54, 1.807) is 0 Å². The Morgan fingerprint density at radius 3 is 2.74 bits per heavy atom. The van der Waals surface area contributed by atoms with E-state index in [1.165, 1.54) is 0 Å². The summed E-state index contributed by atoms with van der Waals surface area (Å²) >= 11 is 0. The van der Waals surface area contributed by atoms with Crippen molar-refractivity contribution in [3.63, 3.8) is 0 Å². The highest BCUT2D eigenvalue weighted by Crippen LogP contribution is 2.18. The van der Waals surface area contributed by atoms with Crippen LogP contribution in [-0.4, -0.2) is 36.4 Å². The van der Waals surface area contributed by atoms with Crippen molar-refractivity contribution in [1.82, 2.24) is 15.6 Å². The number of nitrogens with one attached hydrogen (secondary N) is 3. The van der Waals surface area contributed by atoms with Crippen LogP contribution in [0, 0.1) is 6.92 Å². The van der Waals surface area contributed by atoms with Gasteiger partial charge in [0.05, 0.1) is 6.54 Å². The van der Waals surface area contributed by atoms with Gasteiger partial charge in [0.2, 0.25) is 5.91 Å². The number of aromatic amines is 1. The van der Waals surface area contributed by atoms with Crippen LogP contribution in [0.3, 0.4) is 0 Å². The summed E-state index contributed by atoms with van der Waals surface area (Å²) in [6, 6.07) is 15.9. The van der Waals surface area contributed by atoms with Gasteiger partial charge in [-0.3, -0.25) is 9.59 Å². The first-order chi connectivity index (χ1) is 13.1. The topological polar surface area (TPSA) is 77.2 Å². The highest BCUT2D eigenvalue weighted by molar-refractivity contribution is 5.98. The molecule has 2 aromatic carbocycles. The fraction of sp³-hybridized carbons (Fsp3) is 0.238. The molecule has 138 valence electrons. The molecule has 27 heavy (non-hydrogen) atoms. The van der Waals surface area contributed by atoms with Crippen molar-refractivity contribution >= 4 is 28.4 Å². The van der Waals surface area contributed by atoms with Crippen molar-refractivity contribution in [3.8, 4) is 0 Å². The van der Waals surface area contributed by atoms with Gasteiger partial charge in [0.25, 0.3) is 5.91 Å². The highest BCUT2D eigenvalue weighted by atomic mass is 16.2. The summed E-state index contributed by atoms with van der Waals surface area (Å²) in [6.07, 6.45) is 0. The van der Waals surface area contributed by atoms with Gasteiger partial charge in [0.1, 0.15) is 5.69 Å². The van der Waals surface area contributed by atoms with Gasteiger partial charge in [-0.15, -0.1) is 0 Å². The summed E-state index contributed by atoms with van der Waals surface area (Å²) in [4.78, 5) is 29.2. The van der Waals surface area contributed by atoms with Crippen LogP contribution in [0.1, 0.15) is 21.6 Å². The van der Waals surface area contributed by atoms with E-state index in [0.717, 1.165) is 34.3 Å². The number of anilines is 1. The average Bonchev–Trinajstić information content (AvgIpc) is 3.10. The molecule has 0 radical (unpaired) electrons. The minimum absolute atomic E-state index is 0.0473. The van der Waals surface area contributed by atoms with Crippen molar-refractivity contribution in [1.29, 1.82) is 0 Å². The lowest BCUT2D eigenvalue weighted by Crippen LogP contribution is -2.47. The SMILES string of the molecule is Cc1ccc2cc(C(=O)NCc3ccc(N4CCNC(=O)C4)cc3)[nH]c2c1. The third kappa shape index (κ3) is 3.79. The first kappa shape index (κ1) is 17.1. The Kier molecular flexibility index (Phi) is 4.54. The maximum Gasteiger partial charge on any atom is 0.267 e. The van der Waals surface area contributed by atoms with Gasteiger partial charge in [0, 0.05) is 36.2 Å². The maximum atomic E-state index is 12.4. The lowest BCUT2D eigenvalue weighted by Gasteiger charge is -2.28. The van der Waals surface area contributed by atoms with Crippen molar-refractivity contribution in [3.05, 3.63) is 65.4 Å². The molecule has 6 heteroatoms. The Bertz CT molecular complexity index is 991. The molecule has 1 fully saturated rings. The number of rotatable bonds is 4. The van der Waals surface area contributed by atoms with Crippen molar-refractivity contribution in [2.24, 2.45) is 0 Å². The number of hydrogen-bond donors (Lipinski definition) is 3. The van der Waals surface area contributed by atoms with Crippen LogP contribution < -0.4 is 15.5 Å². The Morgan fingerprint density at radius 2 is 1.96 bits per heavy atom. The second-order valence-corrected chi connectivity index (χ2v) is 6.89. The molecule has 6 nitrogen and oxygen atoms in total. The Morgan fingerprint density at radius 1 is 1.15 bits per heavy atom. The number of amides is 2. The number of aromatic nitrogens is 1. The van der Waals surface area contributed by atoms with E-state index in [4.69, 9.17) is 0 Å². The summed E-state index contributed by atoms with van der Waals surface area (Å²) in [5.74, 6) is -0.0771. The lowest BCUT2D eigenvalue weighted by molar-refractivity contribution is -0.120. The molecule has 1 aliphatic rings. The first-order valence-electron chi connectivity index (χ1n) is 9.07. The van der Waals surface area contributed by atoms with E-state index in [1.807, 2.05) is 60.4 Å². The molecule has 0 aliphatic carbocycles. The van der Waals surface area contributed by atoms with E-state index in [2.05, 4.69) is 15.6 Å². The van der Waals surface area contributed by atoms with E-state index in [9.17, 15) is 9.59 Å². The quantitative estimate of drug-likeness (QED) is 0.667. The van der Waals surface area contributed by atoms with Crippen LogP contribution in [-0.2, 0) is 11.3 Å². The van der Waals surface area contributed by atoms with Crippen LogP contribution in [0.15, 0.2) is 48.5 Å². The summed E-state index contributed by atoms with van der Waals surface area (Å²) in [6.45, 7) is 4.34. The summed E-state index contributed by atoms with van der Waals surface area (Å²) < 4.78 is 0. The molecule has 0 saturated carbocycles. The van der Waals surface area contributed by atoms with E-state index >= 15 is 0 Å². The number of carbonyl (C=O) groups is 2. The number of nitrogens with zero attached hydrogens (tertiary/aromatic N) is 1. The summed E-state index contributed by atoms with van der Waals surface area (Å²) in [5, 5.41) is 6.80. The standard InChI is InChI=1S/C21H22N4O2/c1-14-2-5-16-11-19(24-18(16)10-14)21(27)23-12-15-3-6-17(7-4-15)25-9-8-22-20(26)13-25/h2-7,10-11,24H,8-9,12-13H2,1H3,(H,22,26)(H,23,27). The Hall–Kier alpha value is -3.28. The van der Waals surface area contributed by atoms with Crippen LogP contribution in [0.4, 0.5) is 5.69 Å². The lowest BCUT2D eigenvalue weighted by atomic mass is 10.1. The highest BCUT2D eigenvalue weighted by Gasteiger charge is 2.16. The van der Waals surface area contributed by atoms with Crippen molar-refractivity contribution < 1.29 is 9.59 Å². The third-order valence-corrected chi connectivity index (χ3v) is 4.82. The van der Waals surface area contributed by atoms with Crippen LogP contribution >= 0.6 is 0 Å². The minimum Gasteiger partial charge on any atom is -0.360 e. The van der Waals surface area contributed by atoms with Gasteiger partial charge in [-0.2, -0.15) is 0 Å². The van der Waals surface area contributed by atoms with Gasteiger partial charge < -0.3 is 20.5 Å². The second-order valence-electron chi connectivity index (χ2n) is 6.89. The molecule has 4 rings (SSSR count). The van der Waals surface area contributed by atoms with E-state index < -0.39 is 0 Å². The smallest absolute Gasteiger partial charge is 0.267 e. The van der Waals surface area contributed by atoms with E-state index in [0.29, 0.717) is 25.3 Å². The summed E-state index contributed by atoms with van der Waals surface area (Å²) in [5.41, 5.74) is 4.72. The van der Waals surface area contributed by atoms with Gasteiger partial charge in [-0.05, 0) is 42.3 Å². The second kappa shape index (κ2) is 7.15.